The third-order valence-electron chi connectivity index (χ3n) is 4.69. The second-order valence-corrected chi connectivity index (χ2v) is 6.14. The van der Waals surface area contributed by atoms with Gasteiger partial charge in [-0.1, -0.05) is 6.92 Å². The summed E-state index contributed by atoms with van der Waals surface area (Å²) in [5.41, 5.74) is 0.522. The molecule has 5 nitrogen and oxygen atoms in total. The molecule has 19 heavy (non-hydrogen) atoms. The molecule has 0 aromatic carbocycles. The minimum Gasteiger partial charge on any atom is -0.476 e. The average Bonchev–Trinajstić information content (AvgIpc) is 3.14. The number of carboxylic acid groups (broad SMARTS) is 1. The van der Waals surface area contributed by atoms with E-state index in [1.54, 1.807) is 0 Å². The van der Waals surface area contributed by atoms with Crippen molar-refractivity contribution in [1.82, 2.24) is 9.88 Å². The number of aromatic nitrogens is 1. The minimum absolute atomic E-state index is 0.00479. The zero-order valence-electron chi connectivity index (χ0n) is 11.3. The van der Waals surface area contributed by atoms with Gasteiger partial charge in [0, 0.05) is 0 Å². The first-order valence-electron chi connectivity index (χ1n) is 6.97. The predicted molar refractivity (Wildman–Crippen MR) is 68.8 cm³/mol. The Morgan fingerprint density at radius 3 is 2.74 bits per heavy atom. The molecule has 2 heterocycles. The topological polar surface area (TPSA) is 66.6 Å². The largest absolute Gasteiger partial charge is 0.476 e. The van der Waals surface area contributed by atoms with E-state index in [9.17, 15) is 4.79 Å². The van der Waals surface area contributed by atoms with E-state index in [-0.39, 0.29) is 5.69 Å². The zero-order chi connectivity index (χ0) is 13.5. The molecule has 1 saturated heterocycles. The summed E-state index contributed by atoms with van der Waals surface area (Å²) in [7, 11) is 0. The van der Waals surface area contributed by atoms with Crippen LogP contribution in [0.3, 0.4) is 0 Å². The van der Waals surface area contributed by atoms with Gasteiger partial charge < -0.3 is 9.52 Å². The molecule has 0 unspecified atom stereocenters. The lowest BCUT2D eigenvalue weighted by Crippen LogP contribution is -2.39. The average molecular weight is 264 g/mol. The van der Waals surface area contributed by atoms with Gasteiger partial charge in [-0.05, 0) is 50.1 Å². The van der Waals surface area contributed by atoms with Gasteiger partial charge in [0.2, 0.25) is 5.89 Å². The molecule has 2 aliphatic rings. The van der Waals surface area contributed by atoms with Gasteiger partial charge in [0.15, 0.2) is 5.69 Å². The van der Waals surface area contributed by atoms with E-state index in [4.69, 9.17) is 9.52 Å². The van der Waals surface area contributed by atoms with Crippen LogP contribution in [0.1, 0.15) is 49.0 Å². The lowest BCUT2D eigenvalue weighted by Gasteiger charge is -2.39. The highest BCUT2D eigenvalue weighted by Gasteiger charge is 2.43. The highest BCUT2D eigenvalue weighted by atomic mass is 16.4. The second-order valence-electron chi connectivity index (χ2n) is 6.14. The maximum absolute atomic E-state index is 10.7. The van der Waals surface area contributed by atoms with Crippen molar-refractivity contribution in [2.75, 3.05) is 13.1 Å². The van der Waals surface area contributed by atoms with E-state index in [1.165, 1.54) is 31.9 Å². The Labute approximate surface area is 112 Å². The standard InChI is InChI=1S/C14H20N2O3/c1-14(10-2-3-10)4-6-16(7-5-14)8-12-15-11(9-19-12)13(17)18/h9-10H,2-8H2,1H3,(H,17,18). The molecule has 1 saturated carbocycles. The van der Waals surface area contributed by atoms with Crippen LogP contribution in [0.4, 0.5) is 0 Å². The Morgan fingerprint density at radius 1 is 1.53 bits per heavy atom. The van der Waals surface area contributed by atoms with Crippen LogP contribution in [0.2, 0.25) is 0 Å². The second kappa shape index (κ2) is 4.63. The molecule has 5 heteroatoms. The Morgan fingerprint density at radius 2 is 2.21 bits per heavy atom. The van der Waals surface area contributed by atoms with Gasteiger partial charge in [0.05, 0.1) is 6.54 Å². The summed E-state index contributed by atoms with van der Waals surface area (Å²) >= 11 is 0. The predicted octanol–water partition coefficient (Wildman–Crippen LogP) is 2.38. The van der Waals surface area contributed by atoms with Crippen molar-refractivity contribution in [3.05, 3.63) is 17.8 Å². The monoisotopic (exact) mass is 264 g/mol. The van der Waals surface area contributed by atoms with Crippen molar-refractivity contribution in [3.63, 3.8) is 0 Å². The molecule has 104 valence electrons. The Bertz CT molecular complexity index is 471. The van der Waals surface area contributed by atoms with Crippen molar-refractivity contribution in [1.29, 1.82) is 0 Å². The smallest absolute Gasteiger partial charge is 0.357 e. The van der Waals surface area contributed by atoms with Crippen molar-refractivity contribution in [2.24, 2.45) is 11.3 Å². The number of piperidine rings is 1. The number of hydrogen-bond acceptors (Lipinski definition) is 4. The molecule has 3 rings (SSSR count). The summed E-state index contributed by atoms with van der Waals surface area (Å²) in [5.74, 6) is 0.414. The van der Waals surface area contributed by atoms with Crippen molar-refractivity contribution in [2.45, 2.75) is 39.2 Å². The normalized spacial score (nSPS) is 23.4. The van der Waals surface area contributed by atoms with Crippen LogP contribution in [0, 0.1) is 11.3 Å². The van der Waals surface area contributed by atoms with Crippen LogP contribution in [0.25, 0.3) is 0 Å². The molecular formula is C14H20N2O3. The summed E-state index contributed by atoms with van der Waals surface area (Å²) in [6, 6.07) is 0. The number of nitrogens with zero attached hydrogens (tertiary/aromatic N) is 2. The molecule has 2 fully saturated rings. The van der Waals surface area contributed by atoms with Crippen molar-refractivity contribution >= 4 is 5.97 Å². The zero-order valence-corrected chi connectivity index (χ0v) is 11.3. The Kier molecular flexibility index (Phi) is 3.09. The molecule has 1 N–H and O–H groups in total. The third-order valence-corrected chi connectivity index (χ3v) is 4.69. The van der Waals surface area contributed by atoms with Crippen LogP contribution >= 0.6 is 0 Å². The van der Waals surface area contributed by atoms with Gasteiger partial charge >= 0.3 is 5.97 Å². The lowest BCUT2D eigenvalue weighted by atomic mass is 9.76. The highest BCUT2D eigenvalue weighted by molar-refractivity contribution is 5.84. The molecule has 1 aliphatic carbocycles. The fourth-order valence-electron chi connectivity index (χ4n) is 3.08. The summed E-state index contributed by atoms with van der Waals surface area (Å²) in [5, 5.41) is 8.80. The first kappa shape index (κ1) is 12.7. The van der Waals surface area contributed by atoms with Crippen molar-refractivity contribution < 1.29 is 14.3 Å². The SMILES string of the molecule is CC1(C2CC2)CCN(Cc2nc(C(=O)O)co2)CC1. The van der Waals surface area contributed by atoms with Crippen LogP contribution < -0.4 is 0 Å². The van der Waals surface area contributed by atoms with E-state index in [2.05, 4.69) is 16.8 Å². The van der Waals surface area contributed by atoms with Crippen LogP contribution in [0.5, 0.6) is 0 Å². The summed E-state index contributed by atoms with van der Waals surface area (Å²) in [6.45, 7) is 5.14. The maximum Gasteiger partial charge on any atom is 0.357 e. The van der Waals surface area contributed by atoms with Gasteiger partial charge in [0.25, 0.3) is 0 Å². The molecule has 0 bridgehead atoms. The maximum atomic E-state index is 10.7. The summed E-state index contributed by atoms with van der Waals surface area (Å²) < 4.78 is 5.21. The van der Waals surface area contributed by atoms with E-state index in [0.29, 0.717) is 17.9 Å². The van der Waals surface area contributed by atoms with Crippen LogP contribution in [-0.2, 0) is 6.54 Å². The number of likely N-dealkylation sites (tertiary alicyclic amines) is 1. The highest BCUT2D eigenvalue weighted by Crippen LogP contribution is 2.51. The first-order valence-corrected chi connectivity index (χ1v) is 6.97. The number of aromatic carboxylic acids is 1. The van der Waals surface area contributed by atoms with E-state index >= 15 is 0 Å². The first-order chi connectivity index (χ1) is 9.07. The molecule has 1 aromatic heterocycles. The molecular weight excluding hydrogens is 244 g/mol. The Balaban J connectivity index is 1.55. The van der Waals surface area contributed by atoms with Gasteiger partial charge in [-0.3, -0.25) is 4.90 Å². The quantitative estimate of drug-likeness (QED) is 0.904. The number of carboxylic acids is 1. The number of carbonyl (C=O) groups is 1. The third kappa shape index (κ3) is 2.66. The van der Waals surface area contributed by atoms with Crippen LogP contribution in [-0.4, -0.2) is 34.0 Å². The van der Waals surface area contributed by atoms with Gasteiger partial charge in [-0.15, -0.1) is 0 Å². The molecule has 1 aromatic rings. The van der Waals surface area contributed by atoms with Crippen molar-refractivity contribution in [3.8, 4) is 0 Å². The van der Waals surface area contributed by atoms with E-state index in [1.807, 2.05) is 0 Å². The molecule has 0 atom stereocenters. The molecule has 0 radical (unpaired) electrons. The number of oxazole rings is 1. The fraction of sp³-hybridized carbons (Fsp3) is 0.714. The van der Waals surface area contributed by atoms with Gasteiger partial charge in [-0.2, -0.15) is 0 Å². The van der Waals surface area contributed by atoms with E-state index < -0.39 is 5.97 Å². The van der Waals surface area contributed by atoms with Crippen LogP contribution in [0.15, 0.2) is 10.7 Å². The van der Waals surface area contributed by atoms with Gasteiger partial charge in [-0.25, -0.2) is 9.78 Å². The number of rotatable bonds is 4. The molecule has 1 aliphatic heterocycles. The summed E-state index contributed by atoms with van der Waals surface area (Å²) in [6.07, 6.45) is 6.47. The minimum atomic E-state index is -1.03. The van der Waals surface area contributed by atoms with Gasteiger partial charge in [0.1, 0.15) is 6.26 Å². The lowest BCUT2D eigenvalue weighted by molar-refractivity contribution is 0.0690. The molecule has 0 amide bonds. The molecule has 0 spiro atoms. The Hall–Kier alpha value is -1.36. The summed E-state index contributed by atoms with van der Waals surface area (Å²) in [4.78, 5) is 17.0. The van der Waals surface area contributed by atoms with E-state index in [0.717, 1.165) is 19.0 Å². The fourth-order valence-corrected chi connectivity index (χ4v) is 3.08. The number of hydrogen-bond donors (Lipinski definition) is 1.